The van der Waals surface area contributed by atoms with Gasteiger partial charge in [-0.2, -0.15) is 0 Å². The Labute approximate surface area is 108 Å². The summed E-state index contributed by atoms with van der Waals surface area (Å²) < 4.78 is 32.3. The van der Waals surface area contributed by atoms with Crippen LogP contribution in [0.25, 0.3) is 0 Å². The van der Waals surface area contributed by atoms with Crippen LogP contribution in [-0.4, -0.2) is 28.2 Å². The van der Waals surface area contributed by atoms with Crippen LogP contribution < -0.4 is 4.72 Å². The Balaban J connectivity index is 2.64. The van der Waals surface area contributed by atoms with E-state index in [1.165, 1.54) is 11.3 Å². The van der Waals surface area contributed by atoms with Gasteiger partial charge in [0.05, 0.1) is 10.4 Å². The van der Waals surface area contributed by atoms with Crippen molar-refractivity contribution < 1.29 is 13.2 Å². The maximum absolute atomic E-state index is 11.8. The lowest BCUT2D eigenvalue weighted by atomic mass is 10.4. The number of halogens is 1. The first kappa shape index (κ1) is 14.1. The van der Waals surface area contributed by atoms with E-state index in [9.17, 15) is 8.42 Å². The van der Waals surface area contributed by atoms with Crippen molar-refractivity contribution in [3.05, 3.63) is 15.4 Å². The molecule has 1 aromatic rings. The number of hydrogen-bond donors (Lipinski definition) is 1. The third-order valence-corrected chi connectivity index (χ3v) is 5.91. The second kappa shape index (κ2) is 6.11. The highest BCUT2D eigenvalue weighted by molar-refractivity contribution is 9.11. The van der Waals surface area contributed by atoms with Crippen molar-refractivity contribution in [1.29, 1.82) is 0 Å². The molecule has 4 nitrogen and oxygen atoms in total. The first-order valence-corrected chi connectivity index (χ1v) is 7.90. The molecular weight excluding hydrogens is 314 g/mol. The van der Waals surface area contributed by atoms with E-state index in [1.807, 2.05) is 13.8 Å². The molecule has 0 atom stereocenters. The Morgan fingerprint density at radius 1 is 1.56 bits per heavy atom. The first-order valence-electron chi connectivity index (χ1n) is 4.80. The fraction of sp³-hybridized carbons (Fsp3) is 0.556. The van der Waals surface area contributed by atoms with Crippen molar-refractivity contribution in [2.24, 2.45) is 0 Å². The fourth-order valence-corrected chi connectivity index (χ4v) is 4.31. The Bertz CT molecular complexity index is 422. The minimum atomic E-state index is -3.38. The second-order valence-corrected chi connectivity index (χ2v) is 7.48. The molecular formula is C9H14BrNO3S2. The third-order valence-electron chi connectivity index (χ3n) is 1.84. The van der Waals surface area contributed by atoms with Gasteiger partial charge >= 0.3 is 0 Å². The van der Waals surface area contributed by atoms with Crippen LogP contribution in [-0.2, 0) is 14.8 Å². The van der Waals surface area contributed by atoms with E-state index in [2.05, 4.69) is 20.7 Å². The summed E-state index contributed by atoms with van der Waals surface area (Å²) >= 11 is 4.51. The van der Waals surface area contributed by atoms with Crippen molar-refractivity contribution in [1.82, 2.24) is 4.72 Å². The molecule has 0 aliphatic carbocycles. The molecule has 1 N–H and O–H groups in total. The van der Waals surface area contributed by atoms with Crippen LogP contribution in [0.15, 0.2) is 14.1 Å². The van der Waals surface area contributed by atoms with Crippen molar-refractivity contribution >= 4 is 37.3 Å². The molecule has 0 unspecified atom stereocenters. The zero-order valence-electron chi connectivity index (χ0n) is 9.12. The van der Waals surface area contributed by atoms with E-state index >= 15 is 0 Å². The molecule has 0 bridgehead atoms. The number of sulfonamides is 1. The minimum absolute atomic E-state index is 0.296. The van der Waals surface area contributed by atoms with Crippen molar-refractivity contribution in [3.8, 4) is 0 Å². The number of nitrogens with one attached hydrogen (secondary N) is 1. The van der Waals surface area contributed by atoms with Gasteiger partial charge in [0.25, 0.3) is 0 Å². The summed E-state index contributed by atoms with van der Waals surface area (Å²) in [4.78, 5) is 0. The van der Waals surface area contributed by atoms with Crippen LogP contribution >= 0.6 is 27.3 Å². The van der Waals surface area contributed by atoms with Crippen LogP contribution in [0.3, 0.4) is 0 Å². The average molecular weight is 328 g/mol. The SMILES string of the molecule is CCOCCNS(=O)(=O)c1cc(C)c(Br)s1. The molecule has 0 aliphatic rings. The van der Waals surface area contributed by atoms with Crippen LogP contribution in [0.1, 0.15) is 12.5 Å². The summed E-state index contributed by atoms with van der Waals surface area (Å²) in [5, 5.41) is 0. The Hall–Kier alpha value is 0.0500. The average Bonchev–Trinajstić information content (AvgIpc) is 2.55. The zero-order valence-corrected chi connectivity index (χ0v) is 12.3. The van der Waals surface area contributed by atoms with Gasteiger partial charge in [-0.05, 0) is 41.4 Å². The molecule has 1 rings (SSSR count). The molecule has 7 heteroatoms. The van der Waals surface area contributed by atoms with E-state index in [0.717, 1.165) is 9.35 Å². The number of aryl methyl sites for hydroxylation is 1. The molecule has 0 saturated carbocycles. The molecule has 1 aromatic heterocycles. The Morgan fingerprint density at radius 3 is 2.75 bits per heavy atom. The smallest absolute Gasteiger partial charge is 0.250 e. The van der Waals surface area contributed by atoms with E-state index in [1.54, 1.807) is 6.07 Å². The molecule has 0 saturated heterocycles. The molecule has 0 radical (unpaired) electrons. The monoisotopic (exact) mass is 327 g/mol. The topological polar surface area (TPSA) is 55.4 Å². The lowest BCUT2D eigenvalue weighted by molar-refractivity contribution is 0.153. The van der Waals surface area contributed by atoms with Crippen molar-refractivity contribution in [3.63, 3.8) is 0 Å². The number of ether oxygens (including phenoxy) is 1. The minimum Gasteiger partial charge on any atom is -0.380 e. The van der Waals surface area contributed by atoms with E-state index < -0.39 is 10.0 Å². The second-order valence-electron chi connectivity index (χ2n) is 3.12. The van der Waals surface area contributed by atoms with Crippen molar-refractivity contribution in [2.45, 2.75) is 18.1 Å². The molecule has 92 valence electrons. The van der Waals surface area contributed by atoms with Gasteiger partial charge in [0, 0.05) is 13.2 Å². The van der Waals surface area contributed by atoms with Gasteiger partial charge in [-0.15, -0.1) is 11.3 Å². The van der Waals surface area contributed by atoms with Gasteiger partial charge in [-0.1, -0.05) is 0 Å². The van der Waals surface area contributed by atoms with Crippen LogP contribution in [0.5, 0.6) is 0 Å². The van der Waals surface area contributed by atoms with Gasteiger partial charge < -0.3 is 4.74 Å². The summed E-state index contributed by atoms with van der Waals surface area (Å²) in [6.07, 6.45) is 0. The van der Waals surface area contributed by atoms with Gasteiger partial charge in [-0.25, -0.2) is 13.1 Å². The van der Waals surface area contributed by atoms with Crippen LogP contribution in [0.4, 0.5) is 0 Å². The largest absolute Gasteiger partial charge is 0.380 e. The van der Waals surface area contributed by atoms with Crippen molar-refractivity contribution in [2.75, 3.05) is 19.8 Å². The standard InChI is InChI=1S/C9H14BrNO3S2/c1-3-14-5-4-11-16(12,13)8-6-7(2)9(10)15-8/h6,11H,3-5H2,1-2H3. The first-order chi connectivity index (χ1) is 7.47. The maximum Gasteiger partial charge on any atom is 0.250 e. The normalized spacial score (nSPS) is 11.9. The highest BCUT2D eigenvalue weighted by Crippen LogP contribution is 2.30. The number of thiophene rings is 1. The zero-order chi connectivity index (χ0) is 12.2. The lowest BCUT2D eigenvalue weighted by Crippen LogP contribution is -2.26. The summed E-state index contributed by atoms with van der Waals surface area (Å²) in [6, 6.07) is 1.65. The molecule has 0 aromatic carbocycles. The fourth-order valence-electron chi connectivity index (χ4n) is 1.03. The van der Waals surface area contributed by atoms with Gasteiger partial charge in [0.15, 0.2) is 0 Å². The lowest BCUT2D eigenvalue weighted by Gasteiger charge is -2.04. The molecule has 16 heavy (non-hydrogen) atoms. The summed E-state index contributed by atoms with van der Waals surface area (Å²) in [5.74, 6) is 0. The third kappa shape index (κ3) is 3.81. The summed E-state index contributed by atoms with van der Waals surface area (Å²) in [7, 11) is -3.38. The van der Waals surface area contributed by atoms with Gasteiger partial charge in [0.2, 0.25) is 10.0 Å². The molecule has 0 spiro atoms. The number of hydrogen-bond acceptors (Lipinski definition) is 4. The van der Waals surface area contributed by atoms with Crippen LogP contribution in [0, 0.1) is 6.92 Å². The predicted octanol–water partition coefficient (Wildman–Crippen LogP) is 2.13. The van der Waals surface area contributed by atoms with E-state index in [0.29, 0.717) is 24.0 Å². The Kier molecular flexibility index (Phi) is 5.39. The van der Waals surface area contributed by atoms with E-state index in [-0.39, 0.29) is 0 Å². The molecule has 0 amide bonds. The molecule has 0 aliphatic heterocycles. The highest BCUT2D eigenvalue weighted by Gasteiger charge is 2.17. The number of rotatable bonds is 6. The predicted molar refractivity (Wildman–Crippen MR) is 68.4 cm³/mol. The highest BCUT2D eigenvalue weighted by atomic mass is 79.9. The quantitative estimate of drug-likeness (QED) is 0.814. The Morgan fingerprint density at radius 2 is 2.25 bits per heavy atom. The van der Waals surface area contributed by atoms with E-state index in [4.69, 9.17) is 4.74 Å². The molecule has 1 heterocycles. The summed E-state index contributed by atoms with van der Waals surface area (Å²) in [6.45, 7) is 5.01. The van der Waals surface area contributed by atoms with Crippen LogP contribution in [0.2, 0.25) is 0 Å². The van der Waals surface area contributed by atoms with Gasteiger partial charge in [-0.3, -0.25) is 0 Å². The maximum atomic E-state index is 11.8. The molecule has 0 fully saturated rings. The summed E-state index contributed by atoms with van der Waals surface area (Å²) in [5.41, 5.74) is 0.926. The van der Waals surface area contributed by atoms with Gasteiger partial charge in [0.1, 0.15) is 4.21 Å².